The summed E-state index contributed by atoms with van der Waals surface area (Å²) in [6, 6.07) is 0. The molecule has 0 aromatic rings. The summed E-state index contributed by atoms with van der Waals surface area (Å²) in [4.78, 5) is 36.5. The molecule has 0 aromatic carbocycles. The Hall–Kier alpha value is -1.79. The highest BCUT2D eigenvalue weighted by Crippen LogP contribution is 2.66. The highest BCUT2D eigenvalue weighted by Gasteiger charge is 2.68. The van der Waals surface area contributed by atoms with Gasteiger partial charge in [-0.05, 0) is 49.7 Å². The number of ether oxygens (including phenoxy) is 1. The van der Waals surface area contributed by atoms with Gasteiger partial charge in [0.15, 0.2) is 5.78 Å². The normalized spacial score (nSPS) is 44.4. The number of aliphatic hydroxyl groups is 2. The predicted octanol–water partition coefficient (Wildman–Crippen LogP) is 2.13. The van der Waals surface area contributed by atoms with Gasteiger partial charge < -0.3 is 14.9 Å². The Labute approximate surface area is 171 Å². The van der Waals surface area contributed by atoms with Crippen molar-refractivity contribution < 1.29 is 29.3 Å². The molecule has 3 fully saturated rings. The van der Waals surface area contributed by atoms with E-state index in [-0.39, 0.29) is 42.3 Å². The second kappa shape index (κ2) is 6.61. The van der Waals surface area contributed by atoms with Gasteiger partial charge in [-0.3, -0.25) is 14.4 Å². The van der Waals surface area contributed by atoms with Gasteiger partial charge in [0.05, 0.1) is 5.60 Å². The highest BCUT2D eigenvalue weighted by atomic mass is 16.5. The molecule has 0 heterocycles. The zero-order chi connectivity index (χ0) is 21.2. The van der Waals surface area contributed by atoms with E-state index in [0.717, 1.165) is 24.8 Å². The van der Waals surface area contributed by atoms with E-state index in [1.54, 1.807) is 12.2 Å². The summed E-state index contributed by atoms with van der Waals surface area (Å²) < 4.78 is 4.95. The number of rotatable bonds is 3. The number of allylic oxidation sites excluding steroid dienone is 4. The zero-order valence-electron chi connectivity index (χ0n) is 17.3. The first-order valence-electron chi connectivity index (χ1n) is 10.5. The van der Waals surface area contributed by atoms with Gasteiger partial charge in [-0.1, -0.05) is 25.5 Å². The highest BCUT2D eigenvalue weighted by molar-refractivity contribution is 6.01. The first kappa shape index (κ1) is 20.5. The van der Waals surface area contributed by atoms with Gasteiger partial charge in [-0.2, -0.15) is 0 Å². The largest absolute Gasteiger partial charge is 0.463 e. The van der Waals surface area contributed by atoms with Gasteiger partial charge >= 0.3 is 5.97 Å². The van der Waals surface area contributed by atoms with E-state index in [1.165, 1.54) is 6.92 Å². The number of fused-ring (bicyclic) bond motifs is 5. The molecule has 4 rings (SSSR count). The molecule has 3 saturated carbocycles. The molecule has 158 valence electrons. The van der Waals surface area contributed by atoms with Crippen molar-refractivity contribution in [3.63, 3.8) is 0 Å². The number of Topliss-reactive ketones (excluding diaryl/α,β-unsaturated/α-hetero) is 1. The molecule has 4 aliphatic carbocycles. The number of carbonyl (C=O) groups excluding carboxylic acids is 3. The molecule has 0 amide bonds. The van der Waals surface area contributed by atoms with E-state index < -0.39 is 28.5 Å². The summed E-state index contributed by atoms with van der Waals surface area (Å²) in [6.07, 6.45) is 6.77. The van der Waals surface area contributed by atoms with Crippen LogP contribution < -0.4 is 0 Å². The molecule has 0 bridgehead atoms. The molecule has 0 saturated heterocycles. The summed E-state index contributed by atoms with van der Waals surface area (Å²) >= 11 is 0. The van der Waals surface area contributed by atoms with Gasteiger partial charge in [0.1, 0.15) is 18.5 Å². The first-order chi connectivity index (χ1) is 13.5. The Morgan fingerprint density at radius 3 is 2.72 bits per heavy atom. The fraction of sp³-hybridized carbons (Fsp3) is 0.696. The van der Waals surface area contributed by atoms with Crippen LogP contribution in [0.3, 0.4) is 0 Å². The van der Waals surface area contributed by atoms with E-state index in [1.807, 2.05) is 13.0 Å². The topological polar surface area (TPSA) is 101 Å². The van der Waals surface area contributed by atoms with Crippen LogP contribution in [0, 0.1) is 28.6 Å². The van der Waals surface area contributed by atoms with Crippen LogP contribution in [0.15, 0.2) is 23.8 Å². The van der Waals surface area contributed by atoms with Crippen LogP contribution in [-0.2, 0) is 19.1 Å². The minimum atomic E-state index is -1.47. The fourth-order valence-electron chi connectivity index (χ4n) is 6.95. The Bertz CT molecular complexity index is 827. The molecule has 4 aliphatic rings. The molecule has 0 aromatic heterocycles. The Balaban J connectivity index is 1.66. The standard InChI is InChI=1S/C23H30O6/c1-13(24)29-12-19(27)23(28)9-7-17-16-5-4-14-10-15(25)6-8-21(14,2)20(16)18(26)11-22(17,23)3/h6,8,10,16-17,19-20,27-28H,4-5,7,9,11-12H2,1-3H3/t16-,17-,19-,20+,21+,22+,23-/m1/s1. The Morgan fingerprint density at radius 1 is 1.31 bits per heavy atom. The van der Waals surface area contributed by atoms with Crippen LogP contribution in [0.2, 0.25) is 0 Å². The summed E-state index contributed by atoms with van der Waals surface area (Å²) in [6.45, 7) is 4.95. The lowest BCUT2D eigenvalue weighted by atomic mass is 9.46. The smallest absolute Gasteiger partial charge is 0.302 e. The molecular weight excluding hydrogens is 372 g/mol. The van der Waals surface area contributed by atoms with Crippen LogP contribution in [-0.4, -0.2) is 46.1 Å². The second-order valence-electron chi connectivity index (χ2n) is 9.82. The maximum atomic E-state index is 13.5. The predicted molar refractivity (Wildman–Crippen MR) is 105 cm³/mol. The van der Waals surface area contributed by atoms with Gasteiger partial charge in [0, 0.05) is 30.1 Å². The zero-order valence-corrected chi connectivity index (χ0v) is 17.3. The minimum Gasteiger partial charge on any atom is -0.463 e. The average Bonchev–Trinajstić information content (AvgIpc) is 2.91. The van der Waals surface area contributed by atoms with E-state index in [4.69, 9.17) is 4.74 Å². The van der Waals surface area contributed by atoms with Crippen LogP contribution >= 0.6 is 0 Å². The molecular formula is C23H30O6. The number of aliphatic hydroxyl groups excluding tert-OH is 1. The van der Waals surface area contributed by atoms with Crippen LogP contribution in [0.1, 0.15) is 52.9 Å². The molecule has 6 heteroatoms. The minimum absolute atomic E-state index is 0.0205. The number of hydrogen-bond acceptors (Lipinski definition) is 6. The molecule has 29 heavy (non-hydrogen) atoms. The molecule has 2 N–H and O–H groups in total. The fourth-order valence-corrected chi connectivity index (χ4v) is 6.95. The lowest BCUT2D eigenvalue weighted by Gasteiger charge is -2.57. The quantitative estimate of drug-likeness (QED) is 0.702. The first-order valence-corrected chi connectivity index (χ1v) is 10.5. The monoisotopic (exact) mass is 402 g/mol. The Morgan fingerprint density at radius 2 is 2.03 bits per heavy atom. The van der Waals surface area contributed by atoms with Crippen molar-refractivity contribution in [2.45, 2.75) is 64.6 Å². The van der Waals surface area contributed by atoms with E-state index >= 15 is 0 Å². The van der Waals surface area contributed by atoms with E-state index in [9.17, 15) is 24.6 Å². The van der Waals surface area contributed by atoms with Gasteiger partial charge in [-0.15, -0.1) is 0 Å². The van der Waals surface area contributed by atoms with Crippen molar-refractivity contribution in [2.75, 3.05) is 6.61 Å². The lowest BCUT2D eigenvalue weighted by molar-refractivity contribution is -0.191. The number of hydrogen-bond donors (Lipinski definition) is 2. The van der Waals surface area contributed by atoms with Crippen molar-refractivity contribution in [2.24, 2.45) is 28.6 Å². The van der Waals surface area contributed by atoms with Gasteiger partial charge in [-0.25, -0.2) is 0 Å². The van der Waals surface area contributed by atoms with E-state index in [0.29, 0.717) is 6.42 Å². The third kappa shape index (κ3) is 2.79. The molecule has 0 spiro atoms. The SMILES string of the molecule is CC(=O)OC[C@@H](O)[C@]1(O)CC[C@@H]2[C@H]3CCC4=CC(=O)C=C[C@]4(C)[C@@H]3C(=O)C[C@@]21C. The number of esters is 1. The van der Waals surface area contributed by atoms with Crippen molar-refractivity contribution in [1.29, 1.82) is 0 Å². The van der Waals surface area contributed by atoms with Crippen molar-refractivity contribution in [1.82, 2.24) is 0 Å². The molecule has 0 unspecified atom stereocenters. The maximum Gasteiger partial charge on any atom is 0.302 e. The number of carbonyl (C=O) groups is 3. The molecule has 6 nitrogen and oxygen atoms in total. The summed E-state index contributed by atoms with van der Waals surface area (Å²) in [5.41, 5.74) is -1.65. The van der Waals surface area contributed by atoms with Crippen molar-refractivity contribution >= 4 is 17.5 Å². The van der Waals surface area contributed by atoms with Gasteiger partial charge in [0.25, 0.3) is 0 Å². The molecule has 7 atom stereocenters. The summed E-state index contributed by atoms with van der Waals surface area (Å²) in [5, 5.41) is 22.2. The number of ketones is 2. The Kier molecular flexibility index (Phi) is 4.67. The van der Waals surface area contributed by atoms with E-state index in [2.05, 4.69) is 6.92 Å². The summed E-state index contributed by atoms with van der Waals surface area (Å²) in [5.74, 6) is -0.473. The van der Waals surface area contributed by atoms with Crippen LogP contribution in [0.5, 0.6) is 0 Å². The van der Waals surface area contributed by atoms with Gasteiger partial charge in [0.2, 0.25) is 0 Å². The van der Waals surface area contributed by atoms with Crippen molar-refractivity contribution in [3.8, 4) is 0 Å². The maximum absolute atomic E-state index is 13.5. The molecule has 0 radical (unpaired) electrons. The molecule has 0 aliphatic heterocycles. The summed E-state index contributed by atoms with van der Waals surface area (Å²) in [7, 11) is 0. The average molecular weight is 402 g/mol. The van der Waals surface area contributed by atoms with Crippen molar-refractivity contribution in [3.05, 3.63) is 23.8 Å². The van der Waals surface area contributed by atoms with Crippen LogP contribution in [0.25, 0.3) is 0 Å². The van der Waals surface area contributed by atoms with Crippen LogP contribution in [0.4, 0.5) is 0 Å². The third-order valence-electron chi connectivity index (χ3n) is 8.47. The third-order valence-corrected chi connectivity index (χ3v) is 8.47. The second-order valence-corrected chi connectivity index (χ2v) is 9.82. The lowest BCUT2D eigenvalue weighted by Crippen LogP contribution is -2.61.